The minimum atomic E-state index is 0. The van der Waals surface area contributed by atoms with Crippen LogP contribution in [0.4, 0.5) is 0 Å². The van der Waals surface area contributed by atoms with E-state index in [2.05, 4.69) is 28.4 Å². The Morgan fingerprint density at radius 2 is 2.09 bits per heavy atom. The molecule has 1 aliphatic carbocycles. The largest absolute Gasteiger partial charge is 0.342 e. The number of fused-ring (bicyclic) bond motifs is 1. The summed E-state index contributed by atoms with van der Waals surface area (Å²) in [5, 5.41) is 3.24. The first-order chi connectivity index (χ1) is 10.3. The van der Waals surface area contributed by atoms with Gasteiger partial charge in [-0.15, -0.1) is 12.4 Å². The third-order valence-electron chi connectivity index (χ3n) is 4.88. The molecule has 0 radical (unpaired) electrons. The van der Waals surface area contributed by atoms with E-state index in [4.69, 9.17) is 0 Å². The van der Waals surface area contributed by atoms with Crippen molar-refractivity contribution in [1.82, 2.24) is 10.2 Å². The van der Waals surface area contributed by atoms with Crippen molar-refractivity contribution < 1.29 is 4.79 Å². The van der Waals surface area contributed by atoms with E-state index < -0.39 is 0 Å². The maximum absolute atomic E-state index is 12.5. The van der Waals surface area contributed by atoms with Crippen molar-refractivity contribution in [2.24, 2.45) is 5.92 Å². The summed E-state index contributed by atoms with van der Waals surface area (Å²) in [6.45, 7) is 2.87. The van der Waals surface area contributed by atoms with Gasteiger partial charge in [-0.2, -0.15) is 0 Å². The Labute approximate surface area is 139 Å². The predicted octanol–water partition coefficient (Wildman–Crippen LogP) is 2.60. The predicted molar refractivity (Wildman–Crippen MR) is 92.6 cm³/mol. The topological polar surface area (TPSA) is 32.3 Å². The van der Waals surface area contributed by atoms with E-state index in [0.29, 0.717) is 18.2 Å². The van der Waals surface area contributed by atoms with Crippen molar-refractivity contribution in [1.29, 1.82) is 0 Å². The van der Waals surface area contributed by atoms with Gasteiger partial charge < -0.3 is 10.2 Å². The lowest BCUT2D eigenvalue weighted by Gasteiger charge is -2.32. The second-order valence-electron chi connectivity index (χ2n) is 6.54. The molecule has 1 saturated heterocycles. The lowest BCUT2D eigenvalue weighted by molar-refractivity contribution is -0.132. The molecule has 0 bridgehead atoms. The van der Waals surface area contributed by atoms with Crippen LogP contribution in [0.2, 0.25) is 0 Å². The Bertz CT molecular complexity index is 516. The summed E-state index contributed by atoms with van der Waals surface area (Å²) in [7, 11) is 1.99. The number of aryl methyl sites for hydroxylation is 2. The number of nitrogens with one attached hydrogen (secondary N) is 1. The summed E-state index contributed by atoms with van der Waals surface area (Å²) in [4.78, 5) is 14.6. The van der Waals surface area contributed by atoms with Gasteiger partial charge in [0.05, 0.1) is 6.42 Å². The number of halogens is 1. The maximum Gasteiger partial charge on any atom is 0.226 e. The van der Waals surface area contributed by atoms with Crippen LogP contribution in [0.25, 0.3) is 0 Å². The van der Waals surface area contributed by atoms with Gasteiger partial charge in [0.15, 0.2) is 0 Å². The number of amides is 1. The lowest BCUT2D eigenvalue weighted by Crippen LogP contribution is -2.43. The van der Waals surface area contributed by atoms with Crippen LogP contribution in [0.1, 0.15) is 36.0 Å². The molecule has 3 nitrogen and oxygen atoms in total. The van der Waals surface area contributed by atoms with Crippen LogP contribution in [0.5, 0.6) is 0 Å². The zero-order valence-corrected chi connectivity index (χ0v) is 14.3. The van der Waals surface area contributed by atoms with Gasteiger partial charge in [-0.3, -0.25) is 4.79 Å². The second-order valence-corrected chi connectivity index (χ2v) is 6.54. The summed E-state index contributed by atoms with van der Waals surface area (Å²) >= 11 is 0. The zero-order chi connectivity index (χ0) is 14.7. The highest BCUT2D eigenvalue weighted by atomic mass is 35.5. The number of hydrogen-bond donors (Lipinski definition) is 1. The van der Waals surface area contributed by atoms with Crippen LogP contribution < -0.4 is 5.32 Å². The summed E-state index contributed by atoms with van der Waals surface area (Å²) in [6.07, 6.45) is 6.61. The number of likely N-dealkylation sites (tertiary alicyclic amines) is 1. The van der Waals surface area contributed by atoms with Gasteiger partial charge in [-0.1, -0.05) is 18.2 Å². The molecule has 1 atom stereocenters. The van der Waals surface area contributed by atoms with E-state index in [9.17, 15) is 4.79 Å². The Balaban J connectivity index is 0.00000176. The minimum Gasteiger partial charge on any atom is -0.342 e. The van der Waals surface area contributed by atoms with E-state index in [-0.39, 0.29) is 12.4 Å². The molecule has 122 valence electrons. The number of nitrogens with zero attached hydrogens (tertiary/aromatic N) is 1. The van der Waals surface area contributed by atoms with E-state index in [0.717, 1.165) is 26.1 Å². The summed E-state index contributed by atoms with van der Waals surface area (Å²) in [6, 6.07) is 6.64. The van der Waals surface area contributed by atoms with Crippen LogP contribution in [-0.2, 0) is 24.1 Å². The van der Waals surface area contributed by atoms with Gasteiger partial charge in [-0.05, 0) is 68.3 Å². The summed E-state index contributed by atoms with van der Waals surface area (Å²) in [5.74, 6) is 0.918. The van der Waals surface area contributed by atoms with Crippen molar-refractivity contribution in [2.45, 2.75) is 38.5 Å². The maximum atomic E-state index is 12.5. The quantitative estimate of drug-likeness (QED) is 0.924. The Morgan fingerprint density at radius 1 is 1.27 bits per heavy atom. The highest BCUT2D eigenvalue weighted by Crippen LogP contribution is 2.23. The molecule has 1 aliphatic heterocycles. The van der Waals surface area contributed by atoms with Crippen LogP contribution in [0, 0.1) is 5.92 Å². The fourth-order valence-electron chi connectivity index (χ4n) is 3.77. The molecule has 2 aliphatic rings. The molecule has 1 N–H and O–H groups in total. The van der Waals surface area contributed by atoms with Crippen LogP contribution in [0.3, 0.4) is 0 Å². The van der Waals surface area contributed by atoms with Crippen LogP contribution in [0.15, 0.2) is 18.2 Å². The number of benzene rings is 1. The van der Waals surface area contributed by atoms with Crippen LogP contribution in [-0.4, -0.2) is 37.5 Å². The molecule has 1 aromatic rings. The lowest BCUT2D eigenvalue weighted by atomic mass is 9.97. The Hall–Kier alpha value is -1.06. The molecular formula is C18H27ClN2O. The molecule has 1 heterocycles. The number of carbonyl (C=O) groups excluding carboxylic acids is 1. The number of piperidine rings is 1. The van der Waals surface area contributed by atoms with E-state index in [1.54, 1.807) is 0 Å². The highest BCUT2D eigenvalue weighted by Gasteiger charge is 2.23. The first kappa shape index (κ1) is 17.3. The normalized spacial score (nSPS) is 20.4. The molecule has 0 spiro atoms. The molecule has 1 fully saturated rings. The Kier molecular flexibility index (Phi) is 6.27. The van der Waals surface area contributed by atoms with Crippen molar-refractivity contribution in [3.8, 4) is 0 Å². The molecule has 22 heavy (non-hydrogen) atoms. The average Bonchev–Trinajstić information content (AvgIpc) is 2.95. The second kappa shape index (κ2) is 7.98. The number of carbonyl (C=O) groups is 1. The van der Waals surface area contributed by atoms with E-state index in [1.165, 1.54) is 42.4 Å². The van der Waals surface area contributed by atoms with Gasteiger partial charge in [-0.25, -0.2) is 0 Å². The average molecular weight is 323 g/mol. The standard InChI is InChI=1S/C18H26N2O.ClH/c1-19-12-15-4-3-9-20(13-15)18(21)11-14-7-8-16-5-2-6-17(16)10-14;/h7-8,10,15,19H,2-6,9,11-13H2,1H3;1H. The highest BCUT2D eigenvalue weighted by molar-refractivity contribution is 5.85. The van der Waals surface area contributed by atoms with Crippen molar-refractivity contribution in [2.75, 3.05) is 26.7 Å². The number of hydrogen-bond acceptors (Lipinski definition) is 2. The molecule has 4 heteroatoms. The third-order valence-corrected chi connectivity index (χ3v) is 4.88. The smallest absolute Gasteiger partial charge is 0.226 e. The fourth-order valence-corrected chi connectivity index (χ4v) is 3.77. The minimum absolute atomic E-state index is 0. The van der Waals surface area contributed by atoms with E-state index in [1.807, 2.05) is 7.05 Å². The third kappa shape index (κ3) is 4.02. The summed E-state index contributed by atoms with van der Waals surface area (Å²) < 4.78 is 0. The van der Waals surface area contributed by atoms with E-state index >= 15 is 0 Å². The van der Waals surface area contributed by atoms with Gasteiger partial charge in [0.25, 0.3) is 0 Å². The Morgan fingerprint density at radius 3 is 2.91 bits per heavy atom. The van der Waals surface area contributed by atoms with Gasteiger partial charge in [0, 0.05) is 13.1 Å². The van der Waals surface area contributed by atoms with Gasteiger partial charge in [0.1, 0.15) is 0 Å². The van der Waals surface area contributed by atoms with Crippen molar-refractivity contribution in [3.63, 3.8) is 0 Å². The fraction of sp³-hybridized carbons (Fsp3) is 0.611. The molecule has 1 aromatic carbocycles. The first-order valence-corrected chi connectivity index (χ1v) is 8.29. The van der Waals surface area contributed by atoms with Crippen molar-refractivity contribution >= 4 is 18.3 Å². The molecule has 1 unspecified atom stereocenters. The first-order valence-electron chi connectivity index (χ1n) is 8.29. The molecular weight excluding hydrogens is 296 g/mol. The summed E-state index contributed by atoms with van der Waals surface area (Å²) in [5.41, 5.74) is 4.14. The zero-order valence-electron chi connectivity index (χ0n) is 13.4. The molecule has 1 amide bonds. The number of rotatable bonds is 4. The van der Waals surface area contributed by atoms with Gasteiger partial charge >= 0.3 is 0 Å². The van der Waals surface area contributed by atoms with Crippen LogP contribution >= 0.6 is 12.4 Å². The molecule has 0 aromatic heterocycles. The van der Waals surface area contributed by atoms with Gasteiger partial charge in [0.2, 0.25) is 5.91 Å². The SMILES string of the molecule is CNCC1CCCN(C(=O)Cc2ccc3c(c2)CCC3)C1.Cl. The molecule has 3 rings (SSSR count). The molecule has 0 saturated carbocycles. The van der Waals surface area contributed by atoms with Crippen molar-refractivity contribution in [3.05, 3.63) is 34.9 Å². The monoisotopic (exact) mass is 322 g/mol.